The van der Waals surface area contributed by atoms with E-state index in [-0.39, 0.29) is 41.6 Å². The molecule has 222 valence electrons. The number of benzene rings is 4. The van der Waals surface area contributed by atoms with Crippen LogP contribution in [0.4, 0.5) is 19.3 Å². The van der Waals surface area contributed by atoms with E-state index in [0.29, 0.717) is 19.4 Å². The molecule has 5 rings (SSSR count). The highest BCUT2D eigenvalue weighted by atomic mass is 19.1. The Morgan fingerprint density at radius 1 is 1.02 bits per heavy atom. The molecule has 1 N–H and O–H groups in total. The number of piperidine rings is 1. The van der Waals surface area contributed by atoms with Crippen molar-refractivity contribution in [1.29, 1.82) is 5.26 Å². The molecule has 0 aliphatic carbocycles. The molecule has 4 aromatic carbocycles. The summed E-state index contributed by atoms with van der Waals surface area (Å²) >= 11 is 0. The average Bonchev–Trinajstić information content (AvgIpc) is 2.98. The molecule has 0 aromatic heterocycles. The lowest BCUT2D eigenvalue weighted by Gasteiger charge is -2.44. The van der Waals surface area contributed by atoms with E-state index >= 15 is 8.78 Å². The molecule has 4 aromatic rings. The van der Waals surface area contributed by atoms with Crippen molar-refractivity contribution in [3.8, 4) is 6.07 Å². The molecule has 0 radical (unpaired) electrons. The van der Waals surface area contributed by atoms with E-state index in [0.717, 1.165) is 34.0 Å². The van der Waals surface area contributed by atoms with Crippen molar-refractivity contribution in [2.75, 3.05) is 24.5 Å². The number of hydrogen-bond donors (Lipinski definition) is 1. The summed E-state index contributed by atoms with van der Waals surface area (Å²) in [5.74, 6) is -1.83. The van der Waals surface area contributed by atoms with Crippen molar-refractivity contribution in [2.24, 2.45) is 11.3 Å². The molecule has 1 heterocycles. The van der Waals surface area contributed by atoms with Gasteiger partial charge in [0.05, 0.1) is 17.7 Å². The lowest BCUT2D eigenvalue weighted by Crippen LogP contribution is -2.47. The molecule has 1 aliphatic rings. The van der Waals surface area contributed by atoms with Gasteiger partial charge in [0.25, 0.3) is 0 Å². The summed E-state index contributed by atoms with van der Waals surface area (Å²) in [7, 11) is 0. The summed E-state index contributed by atoms with van der Waals surface area (Å²) in [5, 5.41) is 22.0. The van der Waals surface area contributed by atoms with Gasteiger partial charge in [-0.2, -0.15) is 5.26 Å². The fraction of sp³-hybridized carbons (Fsp3) is 0.333. The van der Waals surface area contributed by atoms with E-state index < -0.39 is 23.8 Å². The number of nitriles is 1. The maximum absolute atomic E-state index is 15.2. The van der Waals surface area contributed by atoms with Crippen molar-refractivity contribution in [3.05, 3.63) is 113 Å². The molecule has 1 amide bonds. The van der Waals surface area contributed by atoms with Gasteiger partial charge in [-0.3, -0.25) is 0 Å². The number of rotatable bonds is 7. The number of hydrogen-bond acceptors (Lipinski definition) is 3. The molecule has 2 unspecified atom stereocenters. The summed E-state index contributed by atoms with van der Waals surface area (Å²) in [6.07, 6.45) is 0.166. The third kappa shape index (κ3) is 6.64. The van der Waals surface area contributed by atoms with Gasteiger partial charge in [0.15, 0.2) is 11.6 Å². The van der Waals surface area contributed by atoms with Crippen LogP contribution >= 0.6 is 0 Å². The minimum Gasteiger partial charge on any atom is -0.465 e. The number of anilines is 1. The van der Waals surface area contributed by atoms with Gasteiger partial charge in [-0.05, 0) is 58.2 Å². The monoisotopic (exact) mass is 581 g/mol. The maximum atomic E-state index is 15.2. The summed E-state index contributed by atoms with van der Waals surface area (Å²) in [4.78, 5) is 16.4. The summed E-state index contributed by atoms with van der Waals surface area (Å²) in [6, 6.07) is 27.5. The lowest BCUT2D eigenvalue weighted by molar-refractivity contribution is 0.0928. The Bertz CT molecular complexity index is 1620. The Kier molecular flexibility index (Phi) is 8.68. The predicted molar refractivity (Wildman–Crippen MR) is 166 cm³/mol. The zero-order valence-electron chi connectivity index (χ0n) is 24.8. The second-order valence-corrected chi connectivity index (χ2v) is 12.7. The molecule has 1 aliphatic heterocycles. The lowest BCUT2D eigenvalue weighted by atomic mass is 9.78. The first kappa shape index (κ1) is 30.0. The Labute approximate surface area is 252 Å². The molecule has 5 nitrogen and oxygen atoms in total. The van der Waals surface area contributed by atoms with E-state index in [4.69, 9.17) is 0 Å². The van der Waals surface area contributed by atoms with E-state index in [1.807, 2.05) is 72.8 Å². The zero-order chi connectivity index (χ0) is 30.7. The number of amides is 1. The predicted octanol–water partition coefficient (Wildman–Crippen LogP) is 8.76. The average molecular weight is 582 g/mol. The second-order valence-electron chi connectivity index (χ2n) is 12.7. The van der Waals surface area contributed by atoms with Gasteiger partial charge in [0.2, 0.25) is 0 Å². The number of carboxylic acid groups (broad SMARTS) is 1. The third-order valence-electron chi connectivity index (χ3n) is 8.47. The zero-order valence-corrected chi connectivity index (χ0v) is 24.8. The summed E-state index contributed by atoms with van der Waals surface area (Å²) in [5.41, 5.74) is 1.60. The van der Waals surface area contributed by atoms with Crippen LogP contribution in [0.2, 0.25) is 0 Å². The summed E-state index contributed by atoms with van der Waals surface area (Å²) < 4.78 is 30.3. The van der Waals surface area contributed by atoms with Crippen LogP contribution in [-0.2, 0) is 0 Å². The Hall–Kier alpha value is -4.44. The third-order valence-corrected chi connectivity index (χ3v) is 8.47. The van der Waals surface area contributed by atoms with Gasteiger partial charge in [-0.25, -0.2) is 13.6 Å². The number of nitrogens with zero attached hydrogens (tertiary/aromatic N) is 3. The topological polar surface area (TPSA) is 67.6 Å². The van der Waals surface area contributed by atoms with Gasteiger partial charge in [-0.15, -0.1) is 0 Å². The minimum atomic E-state index is -1.03. The van der Waals surface area contributed by atoms with E-state index in [1.54, 1.807) is 15.9 Å². The van der Waals surface area contributed by atoms with Gasteiger partial charge < -0.3 is 14.9 Å². The first-order valence-corrected chi connectivity index (χ1v) is 14.7. The molecule has 1 fully saturated rings. The summed E-state index contributed by atoms with van der Waals surface area (Å²) in [6.45, 7) is 7.18. The first-order valence-electron chi connectivity index (χ1n) is 14.7. The Morgan fingerprint density at radius 2 is 1.67 bits per heavy atom. The minimum absolute atomic E-state index is 0.00777. The maximum Gasteiger partial charge on any atom is 0.407 e. The molecule has 0 spiro atoms. The van der Waals surface area contributed by atoms with Crippen LogP contribution in [0.5, 0.6) is 0 Å². The highest BCUT2D eigenvalue weighted by Crippen LogP contribution is 2.41. The molecule has 7 heteroatoms. The van der Waals surface area contributed by atoms with Crippen LogP contribution < -0.4 is 4.90 Å². The standard InChI is InChI=1S/C36H37F2N3O2/c1-36(2,3)20-33(30-15-9-13-26-12-7-8-14-29(26)30)41(35(42)43)23-27-22-40(17-16-28(27)25-10-5-4-6-11-25)34-31(37)18-24(21-39)19-32(34)38/h4-15,18-19,27-28,33H,16-17,20,22-23H2,1-3H3,(H,42,43)/t27?,28?,33-/m1/s1. The number of fused-ring (bicyclic) bond motifs is 1. The van der Waals surface area contributed by atoms with Crippen LogP contribution in [0.25, 0.3) is 10.8 Å². The molecule has 1 saturated heterocycles. The van der Waals surface area contributed by atoms with Crippen molar-refractivity contribution in [2.45, 2.75) is 45.6 Å². The Morgan fingerprint density at radius 3 is 2.33 bits per heavy atom. The van der Waals surface area contributed by atoms with Gasteiger partial charge in [0.1, 0.15) is 5.69 Å². The van der Waals surface area contributed by atoms with Gasteiger partial charge in [0, 0.05) is 25.6 Å². The van der Waals surface area contributed by atoms with E-state index in [9.17, 15) is 15.2 Å². The highest BCUT2D eigenvalue weighted by Gasteiger charge is 2.38. The van der Waals surface area contributed by atoms with Crippen molar-refractivity contribution < 1.29 is 18.7 Å². The highest BCUT2D eigenvalue weighted by molar-refractivity contribution is 5.86. The second kappa shape index (κ2) is 12.4. The molecule has 0 saturated carbocycles. The largest absolute Gasteiger partial charge is 0.465 e. The van der Waals surface area contributed by atoms with Crippen LogP contribution in [0.3, 0.4) is 0 Å². The van der Waals surface area contributed by atoms with Crippen LogP contribution in [0.1, 0.15) is 62.3 Å². The molecule has 3 atom stereocenters. The van der Waals surface area contributed by atoms with Crippen molar-refractivity contribution in [1.82, 2.24) is 4.90 Å². The van der Waals surface area contributed by atoms with Crippen LogP contribution in [0, 0.1) is 34.3 Å². The van der Waals surface area contributed by atoms with Crippen molar-refractivity contribution in [3.63, 3.8) is 0 Å². The van der Waals surface area contributed by atoms with Crippen LogP contribution in [-0.4, -0.2) is 35.7 Å². The number of carbonyl (C=O) groups is 1. The normalized spacial score (nSPS) is 17.8. The smallest absolute Gasteiger partial charge is 0.407 e. The molecular weight excluding hydrogens is 544 g/mol. The fourth-order valence-electron chi connectivity index (χ4n) is 6.59. The van der Waals surface area contributed by atoms with Gasteiger partial charge >= 0.3 is 6.09 Å². The fourth-order valence-corrected chi connectivity index (χ4v) is 6.59. The van der Waals surface area contributed by atoms with Crippen LogP contribution in [0.15, 0.2) is 84.9 Å². The van der Waals surface area contributed by atoms with Gasteiger partial charge in [-0.1, -0.05) is 93.6 Å². The molecule has 43 heavy (non-hydrogen) atoms. The SMILES string of the molecule is CC(C)(C)C[C@H](c1cccc2ccccc12)N(CC1CN(c2c(F)cc(C#N)cc2F)CCC1c1ccccc1)C(=O)O. The Balaban J connectivity index is 1.57. The quantitative estimate of drug-likeness (QED) is 0.237. The van der Waals surface area contributed by atoms with E-state index in [1.165, 1.54) is 0 Å². The first-order chi connectivity index (χ1) is 20.6. The molecular formula is C36H37F2N3O2. The van der Waals surface area contributed by atoms with E-state index in [2.05, 4.69) is 20.8 Å². The molecule has 0 bridgehead atoms. The number of halogens is 2. The van der Waals surface area contributed by atoms with Crippen molar-refractivity contribution >= 4 is 22.6 Å².